The minimum Gasteiger partial charge on any atom is -0.329 e. The second-order valence-electron chi connectivity index (χ2n) is 5.28. The Bertz CT molecular complexity index is 986. The summed E-state index contributed by atoms with van der Waals surface area (Å²) in [5.41, 5.74) is 2.58. The largest absolute Gasteiger partial charge is 0.329 e. The van der Waals surface area contributed by atoms with Gasteiger partial charge in [-0.3, -0.25) is 4.98 Å². The van der Waals surface area contributed by atoms with Crippen molar-refractivity contribution in [2.24, 2.45) is 0 Å². The highest BCUT2D eigenvalue weighted by Gasteiger charge is 2.17. The van der Waals surface area contributed by atoms with Crippen molar-refractivity contribution in [2.45, 2.75) is 13.0 Å². The lowest BCUT2D eigenvalue weighted by molar-refractivity contribution is 0.566. The number of hydrogen-bond acceptors (Lipinski definition) is 4. The maximum atomic E-state index is 11.6. The lowest BCUT2D eigenvalue weighted by atomic mass is 10.2. The zero-order valence-corrected chi connectivity index (χ0v) is 13.3. The van der Waals surface area contributed by atoms with Crippen LogP contribution < -0.4 is 0 Å². The Hall–Kier alpha value is -1.73. The van der Waals surface area contributed by atoms with E-state index in [1.807, 2.05) is 35.8 Å². The molecular formula is C14H15N3O2S2. The maximum absolute atomic E-state index is 11.6. The lowest BCUT2D eigenvalue weighted by Gasteiger charge is -2.14. The summed E-state index contributed by atoms with van der Waals surface area (Å²) in [5.74, 6) is 0.0465. The Kier molecular flexibility index (Phi) is 3.33. The number of nitrogens with zero attached hydrogens (tertiary/aromatic N) is 2. The molecule has 0 bridgehead atoms. The highest BCUT2D eigenvalue weighted by atomic mass is 32.2. The Balaban J connectivity index is 2.34. The molecule has 1 aromatic carbocycles. The van der Waals surface area contributed by atoms with Crippen molar-refractivity contribution in [3.63, 3.8) is 0 Å². The van der Waals surface area contributed by atoms with Crippen molar-refractivity contribution < 1.29 is 8.42 Å². The molecule has 1 unspecified atom stereocenters. The van der Waals surface area contributed by atoms with Crippen molar-refractivity contribution in [3.05, 3.63) is 35.2 Å². The van der Waals surface area contributed by atoms with Gasteiger partial charge in [-0.15, -0.1) is 0 Å². The number of pyridine rings is 1. The summed E-state index contributed by atoms with van der Waals surface area (Å²) in [5, 5.41) is 0.961. The number of H-pyrrole nitrogens is 1. The van der Waals surface area contributed by atoms with E-state index >= 15 is 0 Å². The van der Waals surface area contributed by atoms with E-state index < -0.39 is 9.84 Å². The number of benzene rings is 1. The summed E-state index contributed by atoms with van der Waals surface area (Å²) in [6, 6.07) is 7.51. The summed E-state index contributed by atoms with van der Waals surface area (Å²) >= 11 is 5.37. The number of rotatable bonds is 3. The fraction of sp³-hybridized carbons (Fsp3) is 0.286. The van der Waals surface area contributed by atoms with Crippen LogP contribution in [-0.4, -0.2) is 35.0 Å². The van der Waals surface area contributed by atoms with Crippen LogP contribution in [0.4, 0.5) is 0 Å². The van der Waals surface area contributed by atoms with Gasteiger partial charge in [0.05, 0.1) is 28.5 Å². The second kappa shape index (κ2) is 4.92. The summed E-state index contributed by atoms with van der Waals surface area (Å²) in [6.45, 7) is 1.86. The Morgan fingerprint density at radius 1 is 1.38 bits per heavy atom. The average Bonchev–Trinajstić information content (AvgIpc) is 2.73. The van der Waals surface area contributed by atoms with Crippen molar-refractivity contribution >= 4 is 44.0 Å². The molecule has 0 saturated carbocycles. The topological polar surface area (TPSA) is 67.8 Å². The van der Waals surface area contributed by atoms with Crippen LogP contribution in [0.1, 0.15) is 13.0 Å². The van der Waals surface area contributed by atoms with Crippen LogP contribution in [0.25, 0.3) is 21.9 Å². The molecule has 21 heavy (non-hydrogen) atoms. The van der Waals surface area contributed by atoms with E-state index in [2.05, 4.69) is 9.97 Å². The molecular weight excluding hydrogens is 306 g/mol. The molecule has 3 rings (SSSR count). The van der Waals surface area contributed by atoms with Crippen LogP contribution in [-0.2, 0) is 9.84 Å². The summed E-state index contributed by atoms with van der Waals surface area (Å²) in [6.07, 6.45) is 2.97. The molecule has 2 heterocycles. The van der Waals surface area contributed by atoms with Crippen molar-refractivity contribution in [3.8, 4) is 0 Å². The van der Waals surface area contributed by atoms with Crippen molar-refractivity contribution in [1.82, 2.24) is 14.5 Å². The molecule has 1 atom stereocenters. The van der Waals surface area contributed by atoms with Gasteiger partial charge in [0.2, 0.25) is 0 Å². The van der Waals surface area contributed by atoms with Gasteiger partial charge >= 0.3 is 0 Å². The molecule has 7 heteroatoms. The van der Waals surface area contributed by atoms with E-state index in [4.69, 9.17) is 12.2 Å². The molecule has 0 aliphatic carbocycles. The number of nitrogens with one attached hydrogen (secondary N) is 1. The van der Waals surface area contributed by atoms with Crippen LogP contribution in [0.3, 0.4) is 0 Å². The summed E-state index contributed by atoms with van der Waals surface area (Å²) < 4.78 is 25.5. The lowest BCUT2D eigenvalue weighted by Crippen LogP contribution is -2.16. The molecule has 0 aliphatic heterocycles. The summed E-state index contributed by atoms with van der Waals surface area (Å²) in [4.78, 5) is 7.49. The van der Waals surface area contributed by atoms with Crippen molar-refractivity contribution in [2.75, 3.05) is 12.0 Å². The van der Waals surface area contributed by atoms with Crippen LogP contribution in [0.2, 0.25) is 0 Å². The molecule has 0 fully saturated rings. The number of sulfone groups is 1. The van der Waals surface area contributed by atoms with Gasteiger partial charge in [-0.1, -0.05) is 18.2 Å². The fourth-order valence-corrected chi connectivity index (χ4v) is 4.09. The number of imidazole rings is 1. The first kappa shape index (κ1) is 14.2. The quantitative estimate of drug-likeness (QED) is 0.753. The van der Waals surface area contributed by atoms with Gasteiger partial charge in [0.25, 0.3) is 0 Å². The van der Waals surface area contributed by atoms with Crippen LogP contribution >= 0.6 is 12.2 Å². The predicted octanol–water partition coefficient (Wildman–Crippen LogP) is 2.85. The zero-order valence-electron chi connectivity index (χ0n) is 11.7. The highest BCUT2D eigenvalue weighted by Crippen LogP contribution is 2.26. The van der Waals surface area contributed by atoms with Crippen LogP contribution in [0, 0.1) is 4.77 Å². The van der Waals surface area contributed by atoms with E-state index in [1.165, 1.54) is 6.26 Å². The van der Waals surface area contributed by atoms with E-state index in [1.54, 1.807) is 6.20 Å². The molecule has 2 aromatic heterocycles. The van der Waals surface area contributed by atoms with E-state index in [0.29, 0.717) is 4.77 Å². The SMILES string of the molecule is CC(CS(C)(=O)=O)n1c(=S)[nH]c2cnc3ccccc3c21. The molecule has 0 radical (unpaired) electrons. The molecule has 0 saturated heterocycles. The molecule has 5 nitrogen and oxygen atoms in total. The van der Waals surface area contributed by atoms with E-state index in [-0.39, 0.29) is 11.8 Å². The number of para-hydroxylation sites is 1. The van der Waals surface area contributed by atoms with Gasteiger partial charge in [-0.2, -0.15) is 0 Å². The molecule has 3 aromatic rings. The minimum absolute atomic E-state index is 0.0465. The first-order valence-corrected chi connectivity index (χ1v) is 8.99. The Morgan fingerprint density at radius 3 is 2.81 bits per heavy atom. The summed E-state index contributed by atoms with van der Waals surface area (Å²) in [7, 11) is -3.08. The Labute approximate surface area is 127 Å². The van der Waals surface area contributed by atoms with Crippen molar-refractivity contribution in [1.29, 1.82) is 0 Å². The number of fused-ring (bicyclic) bond motifs is 3. The number of aromatic nitrogens is 3. The van der Waals surface area contributed by atoms with E-state index in [0.717, 1.165) is 21.9 Å². The maximum Gasteiger partial charge on any atom is 0.178 e. The molecule has 0 spiro atoms. The first-order valence-electron chi connectivity index (χ1n) is 6.52. The van der Waals surface area contributed by atoms with Gasteiger partial charge in [0.15, 0.2) is 4.77 Å². The normalized spacial score (nSPS) is 13.8. The molecule has 1 N–H and O–H groups in total. The third-order valence-corrected chi connectivity index (χ3v) is 4.82. The molecule has 0 amide bonds. The van der Waals surface area contributed by atoms with Crippen LogP contribution in [0.15, 0.2) is 30.5 Å². The van der Waals surface area contributed by atoms with Gasteiger partial charge in [0, 0.05) is 17.7 Å². The predicted molar refractivity (Wildman–Crippen MR) is 86.8 cm³/mol. The highest BCUT2D eigenvalue weighted by molar-refractivity contribution is 7.90. The Morgan fingerprint density at radius 2 is 2.10 bits per heavy atom. The third-order valence-electron chi connectivity index (χ3n) is 3.43. The number of hydrogen-bond donors (Lipinski definition) is 1. The van der Waals surface area contributed by atoms with Crippen LogP contribution in [0.5, 0.6) is 0 Å². The van der Waals surface area contributed by atoms with Gasteiger partial charge in [0.1, 0.15) is 9.84 Å². The molecule has 0 aliphatic rings. The van der Waals surface area contributed by atoms with Gasteiger partial charge in [-0.25, -0.2) is 8.42 Å². The second-order valence-corrected chi connectivity index (χ2v) is 7.85. The smallest absolute Gasteiger partial charge is 0.178 e. The number of aromatic amines is 1. The van der Waals surface area contributed by atoms with Gasteiger partial charge < -0.3 is 9.55 Å². The monoisotopic (exact) mass is 321 g/mol. The fourth-order valence-electron chi connectivity index (χ4n) is 2.69. The van der Waals surface area contributed by atoms with E-state index in [9.17, 15) is 8.42 Å². The standard InChI is InChI=1S/C14H15N3O2S2/c1-9(8-21(2,18)19)17-13-10-5-3-4-6-11(10)15-7-12(13)16-14(17)20/h3-7,9H,8H2,1-2H3,(H,16,20). The van der Waals surface area contributed by atoms with Gasteiger partial charge in [-0.05, 0) is 25.2 Å². The minimum atomic E-state index is -3.08. The average molecular weight is 321 g/mol. The third kappa shape index (κ3) is 2.58. The molecule has 110 valence electrons. The zero-order chi connectivity index (χ0) is 15.2. The first-order chi connectivity index (χ1) is 9.87.